The van der Waals surface area contributed by atoms with Crippen LogP contribution < -0.4 is 10.1 Å². The Labute approximate surface area is 148 Å². The predicted octanol–water partition coefficient (Wildman–Crippen LogP) is 2.44. The fourth-order valence-corrected chi connectivity index (χ4v) is 3.40. The lowest BCUT2D eigenvalue weighted by Gasteiger charge is -2.17. The van der Waals surface area contributed by atoms with Gasteiger partial charge in [0.15, 0.2) is 0 Å². The average Bonchev–Trinajstić information content (AvgIpc) is 2.61. The molecule has 0 heterocycles. The van der Waals surface area contributed by atoms with Gasteiger partial charge in [-0.2, -0.15) is 0 Å². The molecule has 1 amide bonds. The molecule has 2 rings (SSSR count). The van der Waals surface area contributed by atoms with Crippen molar-refractivity contribution in [3.05, 3.63) is 59.7 Å². The first-order chi connectivity index (χ1) is 11.8. The second-order valence-electron chi connectivity index (χ2n) is 5.76. The van der Waals surface area contributed by atoms with Crippen molar-refractivity contribution in [1.29, 1.82) is 0 Å². The number of hydrogen-bond acceptors (Lipinski definition) is 4. The number of ether oxygens (including phenoxy) is 1. The summed E-state index contributed by atoms with van der Waals surface area (Å²) in [4.78, 5) is 12.5. The quantitative estimate of drug-likeness (QED) is 0.856. The van der Waals surface area contributed by atoms with Crippen LogP contribution in [0.4, 0.5) is 0 Å². The lowest BCUT2D eigenvalue weighted by Crippen LogP contribution is -2.27. The van der Waals surface area contributed by atoms with Crippen LogP contribution in [0.3, 0.4) is 0 Å². The van der Waals surface area contributed by atoms with Gasteiger partial charge in [0.2, 0.25) is 10.0 Å². The highest BCUT2D eigenvalue weighted by atomic mass is 32.2. The largest absolute Gasteiger partial charge is 0.495 e. The molecule has 1 unspecified atom stereocenters. The van der Waals surface area contributed by atoms with Crippen LogP contribution in [0.1, 0.15) is 28.9 Å². The van der Waals surface area contributed by atoms with Crippen LogP contribution >= 0.6 is 0 Å². The predicted molar refractivity (Wildman–Crippen MR) is 96.2 cm³/mol. The van der Waals surface area contributed by atoms with E-state index < -0.39 is 10.0 Å². The first-order valence-corrected chi connectivity index (χ1v) is 9.17. The summed E-state index contributed by atoms with van der Waals surface area (Å²) in [7, 11) is 0.521. The first-order valence-electron chi connectivity index (χ1n) is 7.73. The minimum atomic E-state index is -3.73. The van der Waals surface area contributed by atoms with Gasteiger partial charge in [0.1, 0.15) is 10.6 Å². The molecule has 0 aliphatic heterocycles. The third kappa shape index (κ3) is 4.18. The molecule has 2 aromatic rings. The monoisotopic (exact) mass is 362 g/mol. The van der Waals surface area contributed by atoms with Crippen molar-refractivity contribution in [1.82, 2.24) is 9.62 Å². The van der Waals surface area contributed by atoms with Gasteiger partial charge in [0.05, 0.1) is 13.2 Å². The lowest BCUT2D eigenvalue weighted by molar-refractivity contribution is 0.0939. The summed E-state index contributed by atoms with van der Waals surface area (Å²) in [6.45, 7) is 1.87. The van der Waals surface area contributed by atoms with Gasteiger partial charge in [-0.05, 0) is 30.7 Å². The molecule has 1 atom stereocenters. The highest BCUT2D eigenvalue weighted by Crippen LogP contribution is 2.27. The number of methoxy groups -OCH3 is 1. The Morgan fingerprint density at radius 1 is 1.12 bits per heavy atom. The van der Waals surface area contributed by atoms with Gasteiger partial charge in [-0.25, -0.2) is 12.7 Å². The zero-order valence-electron chi connectivity index (χ0n) is 14.7. The zero-order valence-corrected chi connectivity index (χ0v) is 15.5. The molecule has 0 aromatic heterocycles. The lowest BCUT2D eigenvalue weighted by atomic mass is 10.1. The van der Waals surface area contributed by atoms with Crippen molar-refractivity contribution >= 4 is 15.9 Å². The third-order valence-corrected chi connectivity index (χ3v) is 5.67. The fraction of sp³-hybridized carbons (Fsp3) is 0.278. The van der Waals surface area contributed by atoms with Gasteiger partial charge in [-0.3, -0.25) is 4.79 Å². The second-order valence-corrected chi connectivity index (χ2v) is 7.88. The van der Waals surface area contributed by atoms with Crippen molar-refractivity contribution in [2.45, 2.75) is 17.9 Å². The van der Waals surface area contributed by atoms with E-state index in [2.05, 4.69) is 5.32 Å². The molecule has 0 bridgehead atoms. The summed E-state index contributed by atoms with van der Waals surface area (Å²) >= 11 is 0. The van der Waals surface area contributed by atoms with E-state index in [0.29, 0.717) is 0 Å². The van der Waals surface area contributed by atoms with E-state index in [0.717, 1.165) is 9.87 Å². The average molecular weight is 362 g/mol. The van der Waals surface area contributed by atoms with Gasteiger partial charge in [-0.1, -0.05) is 30.3 Å². The van der Waals surface area contributed by atoms with Gasteiger partial charge in [0, 0.05) is 19.7 Å². The summed E-state index contributed by atoms with van der Waals surface area (Å²) in [5.41, 5.74) is 1.22. The first kappa shape index (κ1) is 19.0. The van der Waals surface area contributed by atoms with E-state index in [1.165, 1.54) is 33.3 Å². The molecule has 0 aliphatic carbocycles. The van der Waals surface area contributed by atoms with E-state index in [9.17, 15) is 13.2 Å². The maximum atomic E-state index is 12.5. The summed E-state index contributed by atoms with van der Waals surface area (Å²) < 4.78 is 31.1. The summed E-state index contributed by atoms with van der Waals surface area (Å²) in [6.07, 6.45) is 0. The van der Waals surface area contributed by atoms with E-state index in [-0.39, 0.29) is 28.2 Å². The van der Waals surface area contributed by atoms with Crippen molar-refractivity contribution in [2.24, 2.45) is 0 Å². The van der Waals surface area contributed by atoms with Crippen LogP contribution in [-0.2, 0) is 10.0 Å². The number of benzene rings is 2. The fourth-order valence-electron chi connectivity index (χ4n) is 2.32. The van der Waals surface area contributed by atoms with E-state index in [1.54, 1.807) is 6.07 Å². The Morgan fingerprint density at radius 3 is 2.32 bits per heavy atom. The highest BCUT2D eigenvalue weighted by Gasteiger charge is 2.24. The Hall–Kier alpha value is -2.38. The molecule has 25 heavy (non-hydrogen) atoms. The van der Waals surface area contributed by atoms with Crippen molar-refractivity contribution in [2.75, 3.05) is 21.2 Å². The normalized spacial score (nSPS) is 12.7. The van der Waals surface area contributed by atoms with Gasteiger partial charge in [-0.15, -0.1) is 0 Å². The maximum Gasteiger partial charge on any atom is 0.251 e. The Balaban J connectivity index is 2.32. The van der Waals surface area contributed by atoms with Gasteiger partial charge in [0.25, 0.3) is 5.91 Å². The van der Waals surface area contributed by atoms with Crippen LogP contribution in [0.5, 0.6) is 5.75 Å². The summed E-state index contributed by atoms with van der Waals surface area (Å²) in [6, 6.07) is 13.7. The summed E-state index contributed by atoms with van der Waals surface area (Å²) in [5.74, 6) is -0.157. The molecule has 0 saturated carbocycles. The van der Waals surface area contributed by atoms with Crippen molar-refractivity contribution in [3.63, 3.8) is 0 Å². The van der Waals surface area contributed by atoms with Crippen LogP contribution in [0.25, 0.3) is 0 Å². The van der Waals surface area contributed by atoms with Crippen LogP contribution in [-0.4, -0.2) is 39.8 Å². The van der Waals surface area contributed by atoms with E-state index in [1.807, 2.05) is 37.3 Å². The topological polar surface area (TPSA) is 75.7 Å². The molecule has 0 fully saturated rings. The molecule has 2 aromatic carbocycles. The molecule has 6 nitrogen and oxygen atoms in total. The number of nitrogens with one attached hydrogen (secondary N) is 1. The highest BCUT2D eigenvalue weighted by molar-refractivity contribution is 7.89. The Morgan fingerprint density at radius 2 is 1.76 bits per heavy atom. The van der Waals surface area contributed by atoms with Crippen LogP contribution in [0, 0.1) is 0 Å². The second kappa shape index (κ2) is 7.67. The van der Waals surface area contributed by atoms with Gasteiger partial charge >= 0.3 is 0 Å². The SMILES string of the molecule is COc1ccc(C(=O)NC(C)c2ccccc2)cc1S(=O)(=O)N(C)C. The number of hydrogen-bond donors (Lipinski definition) is 1. The molecule has 7 heteroatoms. The molecular formula is C18H22N2O4S. The van der Waals surface area contributed by atoms with Gasteiger partial charge < -0.3 is 10.1 Å². The zero-order chi connectivity index (χ0) is 18.6. The molecule has 1 N–H and O–H groups in total. The third-order valence-electron chi connectivity index (χ3n) is 3.83. The van der Waals surface area contributed by atoms with Crippen molar-refractivity contribution in [3.8, 4) is 5.75 Å². The number of nitrogens with zero attached hydrogens (tertiary/aromatic N) is 1. The van der Waals surface area contributed by atoms with E-state index >= 15 is 0 Å². The maximum absolute atomic E-state index is 12.5. The molecule has 0 saturated heterocycles. The number of sulfonamides is 1. The van der Waals surface area contributed by atoms with Crippen LogP contribution in [0.2, 0.25) is 0 Å². The van der Waals surface area contributed by atoms with Crippen molar-refractivity contribution < 1.29 is 17.9 Å². The Bertz CT molecular complexity index is 849. The van der Waals surface area contributed by atoms with Crippen LogP contribution in [0.15, 0.2) is 53.4 Å². The molecule has 0 spiro atoms. The smallest absolute Gasteiger partial charge is 0.251 e. The number of rotatable bonds is 6. The number of carbonyl (C=O) groups is 1. The molecular weight excluding hydrogens is 340 g/mol. The minimum Gasteiger partial charge on any atom is -0.495 e. The number of carbonyl (C=O) groups excluding carboxylic acids is 1. The van der Waals surface area contributed by atoms with E-state index in [4.69, 9.17) is 4.74 Å². The number of amides is 1. The Kier molecular flexibility index (Phi) is 5.81. The molecule has 0 radical (unpaired) electrons. The molecule has 0 aliphatic rings. The summed E-state index contributed by atoms with van der Waals surface area (Å²) in [5, 5.41) is 2.87. The molecule has 134 valence electrons. The standard InChI is InChI=1S/C18H22N2O4S/c1-13(14-8-6-5-7-9-14)19-18(21)15-10-11-16(24-4)17(12-15)25(22,23)20(2)3/h5-13H,1-4H3,(H,19,21). The minimum absolute atomic E-state index is 0.0417.